The van der Waals surface area contributed by atoms with Crippen molar-refractivity contribution in [1.29, 1.82) is 0 Å². The normalized spacial score (nSPS) is 11.9. The maximum absolute atomic E-state index is 6.70. The van der Waals surface area contributed by atoms with Gasteiger partial charge in [-0.05, 0) is 106 Å². The molecule has 0 bridgehead atoms. The number of aromatic nitrogens is 4. The molecule has 0 N–H and O–H groups in total. The molecule has 4 aromatic heterocycles. The molecule has 0 saturated heterocycles. The lowest BCUT2D eigenvalue weighted by Gasteiger charge is -2.10. The lowest BCUT2D eigenvalue weighted by molar-refractivity contribution is 0.669. The van der Waals surface area contributed by atoms with Crippen molar-refractivity contribution >= 4 is 76.5 Å². The first kappa shape index (κ1) is 37.3. The average Bonchev–Trinajstić information content (AvgIpc) is 4.08. The number of nitrogens with zero attached hydrogens (tertiary/aromatic N) is 4. The van der Waals surface area contributed by atoms with Gasteiger partial charge in [-0.2, -0.15) is 0 Å². The van der Waals surface area contributed by atoms with E-state index in [-0.39, 0.29) is 0 Å². The van der Waals surface area contributed by atoms with Crippen LogP contribution in [0, 0.1) is 0 Å². The van der Waals surface area contributed by atoms with Gasteiger partial charge in [0.2, 0.25) is 0 Å². The minimum Gasteiger partial charge on any atom is -0.456 e. The fourth-order valence-corrected chi connectivity index (χ4v) is 10.1. The van der Waals surface area contributed by atoms with Gasteiger partial charge < -0.3 is 13.4 Å². The van der Waals surface area contributed by atoms with Gasteiger partial charge in [0, 0.05) is 49.1 Å². The zero-order valence-electron chi connectivity index (χ0n) is 35.9. The second-order valence-electron chi connectivity index (χ2n) is 17.1. The van der Waals surface area contributed by atoms with Gasteiger partial charge in [-0.15, -0.1) is 0 Å². The summed E-state index contributed by atoms with van der Waals surface area (Å²) in [6, 6.07) is 76.4. The summed E-state index contributed by atoms with van der Waals surface area (Å²) in [6.45, 7) is 0. The van der Waals surface area contributed by atoms with E-state index >= 15 is 0 Å². The molecule has 0 saturated carbocycles. The van der Waals surface area contributed by atoms with Gasteiger partial charge in [0.15, 0.2) is 17.5 Å². The lowest BCUT2D eigenvalue weighted by Crippen LogP contribution is -2.00. The average molecular weight is 857 g/mol. The van der Waals surface area contributed by atoms with E-state index in [1.807, 2.05) is 60.7 Å². The Morgan fingerprint density at radius 1 is 0.313 bits per heavy atom. The summed E-state index contributed by atoms with van der Waals surface area (Å²) in [5.41, 5.74) is 14.0. The van der Waals surface area contributed by atoms with Crippen LogP contribution in [0.25, 0.3) is 139 Å². The molecule has 6 nitrogen and oxygen atoms in total. The van der Waals surface area contributed by atoms with Crippen molar-refractivity contribution in [1.82, 2.24) is 19.5 Å². The van der Waals surface area contributed by atoms with Gasteiger partial charge in [0.25, 0.3) is 0 Å². The molecule has 4 heterocycles. The number of rotatable bonds is 6. The maximum Gasteiger partial charge on any atom is 0.167 e. The van der Waals surface area contributed by atoms with Crippen LogP contribution < -0.4 is 0 Å². The van der Waals surface area contributed by atoms with Gasteiger partial charge in [-0.25, -0.2) is 15.0 Å². The summed E-state index contributed by atoms with van der Waals surface area (Å²) in [5, 5.41) is 8.94. The number of hydrogen-bond donors (Lipinski definition) is 0. The molecule has 0 amide bonds. The zero-order chi connectivity index (χ0) is 44.0. The van der Waals surface area contributed by atoms with Crippen LogP contribution in [0.3, 0.4) is 0 Å². The van der Waals surface area contributed by atoms with Crippen LogP contribution in [-0.2, 0) is 0 Å². The minimum absolute atomic E-state index is 0.561. The van der Waals surface area contributed by atoms with E-state index in [0.29, 0.717) is 17.5 Å². The van der Waals surface area contributed by atoms with Crippen LogP contribution in [0.15, 0.2) is 227 Å². The summed E-state index contributed by atoms with van der Waals surface area (Å²) in [4.78, 5) is 15.2. The van der Waals surface area contributed by atoms with Crippen LogP contribution in [0.4, 0.5) is 0 Å². The van der Waals surface area contributed by atoms with E-state index in [0.717, 1.165) is 93.7 Å². The Morgan fingerprint density at radius 2 is 0.866 bits per heavy atom. The van der Waals surface area contributed by atoms with E-state index in [4.69, 9.17) is 23.8 Å². The summed E-state index contributed by atoms with van der Waals surface area (Å²) in [5.74, 6) is 1.76. The van der Waals surface area contributed by atoms with Crippen LogP contribution in [0.2, 0.25) is 0 Å². The van der Waals surface area contributed by atoms with Crippen molar-refractivity contribution in [3.8, 4) is 62.1 Å². The lowest BCUT2D eigenvalue weighted by atomic mass is 9.97. The highest BCUT2D eigenvalue weighted by Gasteiger charge is 2.20. The molecule has 0 unspecified atom stereocenters. The summed E-state index contributed by atoms with van der Waals surface area (Å²) in [7, 11) is 0. The molecule has 0 aliphatic carbocycles. The standard InChI is InChI=1S/C61H36N4O2/c1-3-13-37(14-4-1)59-62-60(64-61(63-59)51-21-11-20-49-46-17-8-10-24-54(46)67-58(49)51)43-28-27-38-33-39(25-26-40(38)34-43)41-29-31-47-48-32-30-42(36-56(48)66-55(47)35-41)45-19-12-23-53-57(45)50-18-7-9-22-52(50)65(53)44-15-5-2-6-16-44/h1-36H. The van der Waals surface area contributed by atoms with Crippen molar-refractivity contribution in [3.05, 3.63) is 218 Å². The first-order valence-corrected chi connectivity index (χ1v) is 22.5. The number of fused-ring (bicyclic) bond motifs is 10. The van der Waals surface area contributed by atoms with Crippen LogP contribution in [0.1, 0.15) is 0 Å². The predicted molar refractivity (Wildman–Crippen MR) is 273 cm³/mol. The van der Waals surface area contributed by atoms with Gasteiger partial charge in [0.1, 0.15) is 22.3 Å². The topological polar surface area (TPSA) is 69.9 Å². The molecular formula is C61H36N4O2. The van der Waals surface area contributed by atoms with Crippen molar-refractivity contribution < 1.29 is 8.83 Å². The Morgan fingerprint density at radius 3 is 1.69 bits per heavy atom. The van der Waals surface area contributed by atoms with E-state index < -0.39 is 0 Å². The van der Waals surface area contributed by atoms with Gasteiger partial charge in [0.05, 0.1) is 16.6 Å². The van der Waals surface area contributed by atoms with Crippen LogP contribution in [-0.4, -0.2) is 19.5 Å². The van der Waals surface area contributed by atoms with Crippen molar-refractivity contribution in [2.45, 2.75) is 0 Å². The molecule has 10 aromatic carbocycles. The second kappa shape index (κ2) is 14.7. The molecule has 6 heteroatoms. The molecule has 67 heavy (non-hydrogen) atoms. The molecule has 0 aliphatic rings. The summed E-state index contributed by atoms with van der Waals surface area (Å²) >= 11 is 0. The first-order chi connectivity index (χ1) is 33.2. The van der Waals surface area contributed by atoms with Crippen LogP contribution in [0.5, 0.6) is 0 Å². The van der Waals surface area contributed by atoms with Gasteiger partial charge >= 0.3 is 0 Å². The Bertz CT molecular complexity index is 4280. The predicted octanol–water partition coefficient (Wildman–Crippen LogP) is 16.3. The molecule has 14 aromatic rings. The van der Waals surface area contributed by atoms with E-state index in [1.54, 1.807) is 0 Å². The van der Waals surface area contributed by atoms with E-state index in [9.17, 15) is 0 Å². The number of para-hydroxylation sites is 4. The smallest absolute Gasteiger partial charge is 0.167 e. The van der Waals surface area contributed by atoms with Crippen LogP contribution >= 0.6 is 0 Å². The van der Waals surface area contributed by atoms with E-state index in [1.165, 1.54) is 27.4 Å². The highest BCUT2D eigenvalue weighted by Crippen LogP contribution is 2.42. The zero-order valence-corrected chi connectivity index (χ0v) is 35.9. The summed E-state index contributed by atoms with van der Waals surface area (Å²) in [6.07, 6.45) is 0. The fraction of sp³-hybridized carbons (Fsp3) is 0. The molecular weight excluding hydrogens is 821 g/mol. The minimum atomic E-state index is 0.561. The molecule has 312 valence electrons. The number of hydrogen-bond acceptors (Lipinski definition) is 5. The molecule has 0 atom stereocenters. The largest absolute Gasteiger partial charge is 0.456 e. The SMILES string of the molecule is c1ccc(-c2nc(-c3ccc4cc(-c5ccc6c(c5)oc5cc(-c7cccc8c7c7ccccc7n8-c7ccccc7)ccc56)ccc4c3)nc(-c3cccc4c3oc3ccccc34)n2)cc1. The molecule has 14 rings (SSSR count). The monoisotopic (exact) mass is 856 g/mol. The first-order valence-electron chi connectivity index (χ1n) is 22.5. The van der Waals surface area contributed by atoms with Crippen molar-refractivity contribution in [3.63, 3.8) is 0 Å². The summed E-state index contributed by atoms with van der Waals surface area (Å²) < 4.78 is 15.5. The third kappa shape index (κ3) is 6.00. The highest BCUT2D eigenvalue weighted by atomic mass is 16.3. The second-order valence-corrected chi connectivity index (χ2v) is 17.1. The molecule has 0 aliphatic heterocycles. The number of furan rings is 2. The Balaban J connectivity index is 0.823. The third-order valence-electron chi connectivity index (χ3n) is 13.2. The van der Waals surface area contributed by atoms with Crippen molar-refractivity contribution in [2.24, 2.45) is 0 Å². The molecule has 0 spiro atoms. The van der Waals surface area contributed by atoms with Gasteiger partial charge in [-0.1, -0.05) is 146 Å². The molecule has 0 radical (unpaired) electrons. The Hall–Kier alpha value is -9.13. The van der Waals surface area contributed by atoms with Crippen molar-refractivity contribution in [2.75, 3.05) is 0 Å². The van der Waals surface area contributed by atoms with Gasteiger partial charge in [-0.3, -0.25) is 0 Å². The third-order valence-corrected chi connectivity index (χ3v) is 13.2. The quantitative estimate of drug-likeness (QED) is 0.167. The molecule has 0 fully saturated rings. The maximum atomic E-state index is 6.70. The van der Waals surface area contributed by atoms with E-state index in [2.05, 4.69) is 162 Å². The number of benzene rings is 10. The highest BCUT2D eigenvalue weighted by molar-refractivity contribution is 6.17. The Labute approximate surface area is 383 Å². The fourth-order valence-electron chi connectivity index (χ4n) is 10.1. The Kier molecular flexibility index (Phi) is 8.18.